The van der Waals surface area contributed by atoms with E-state index < -0.39 is 65.7 Å². The predicted octanol–water partition coefficient (Wildman–Crippen LogP) is 5.96. The number of halogens is 6. The highest BCUT2D eigenvalue weighted by Gasteiger charge is 2.37. The molecule has 1 aliphatic heterocycles. The van der Waals surface area contributed by atoms with Crippen LogP contribution < -0.4 is 20.8 Å². The third-order valence-electron chi connectivity index (χ3n) is 6.14. The minimum absolute atomic E-state index is 0.0416. The molecule has 3 aromatic carbocycles. The quantitative estimate of drug-likeness (QED) is 0.294. The van der Waals surface area contributed by atoms with Crippen LogP contribution in [0.5, 0.6) is 0 Å². The van der Waals surface area contributed by atoms with Gasteiger partial charge in [-0.3, -0.25) is 4.79 Å². The lowest BCUT2D eigenvalue weighted by molar-refractivity contribution is -0.137. The van der Waals surface area contributed by atoms with Crippen molar-refractivity contribution >= 4 is 35.8 Å². The number of carbonyl (C=O) groups excluding carboxylic acids is 2. The maximum Gasteiger partial charge on any atom is 0.416 e. The molecular formula is C26H22F6N3O3P. The van der Waals surface area contributed by atoms with E-state index in [1.54, 1.807) is 24.3 Å². The van der Waals surface area contributed by atoms with Crippen LogP contribution in [0.1, 0.15) is 12.0 Å². The molecule has 0 bridgehead atoms. The minimum Gasteiger partial charge on any atom is -0.326 e. The Balaban J connectivity index is 1.50. The second-order valence-electron chi connectivity index (χ2n) is 9.28. The summed E-state index contributed by atoms with van der Waals surface area (Å²) in [6.07, 6.45) is -4.82. The van der Waals surface area contributed by atoms with Gasteiger partial charge in [0.15, 0.2) is 11.6 Å². The standard InChI is InChI=1S/C26H22F6N3O3P/c1-39(2,38)22-6-4-3-5-16(22)14-11-18(28)23(19(29)12-14)35-10-9-21(24(35)36)34-25(37)33-20-8-7-15(13-17(20)27)26(30,31)32/h3-8,11-13,21H,9-10H2,1-2H3,(H2,33,34,37)/t21-/m1/s1. The van der Waals surface area contributed by atoms with Gasteiger partial charge in [-0.05, 0) is 61.2 Å². The molecule has 3 aromatic rings. The Morgan fingerprint density at radius 1 is 0.974 bits per heavy atom. The summed E-state index contributed by atoms with van der Waals surface area (Å²) in [4.78, 5) is 26.0. The van der Waals surface area contributed by atoms with Crippen molar-refractivity contribution in [2.24, 2.45) is 0 Å². The van der Waals surface area contributed by atoms with E-state index in [1.807, 2.05) is 5.32 Å². The molecule has 4 rings (SSSR count). The van der Waals surface area contributed by atoms with Crippen molar-refractivity contribution in [3.05, 3.63) is 77.6 Å². The van der Waals surface area contributed by atoms with E-state index in [2.05, 4.69) is 5.32 Å². The van der Waals surface area contributed by atoms with Crippen LogP contribution >= 0.6 is 7.14 Å². The van der Waals surface area contributed by atoms with Gasteiger partial charge in [-0.25, -0.2) is 18.0 Å². The van der Waals surface area contributed by atoms with Gasteiger partial charge < -0.3 is 20.1 Å². The zero-order chi connectivity index (χ0) is 28.7. The second-order valence-corrected chi connectivity index (χ2v) is 12.5. The lowest BCUT2D eigenvalue weighted by Crippen LogP contribution is -2.43. The van der Waals surface area contributed by atoms with E-state index in [1.165, 1.54) is 13.3 Å². The summed E-state index contributed by atoms with van der Waals surface area (Å²) < 4.78 is 95.2. The highest BCUT2D eigenvalue weighted by atomic mass is 31.2. The number of hydrogen-bond acceptors (Lipinski definition) is 3. The van der Waals surface area contributed by atoms with Gasteiger partial charge in [0.2, 0.25) is 5.91 Å². The fraction of sp³-hybridized carbons (Fsp3) is 0.231. The van der Waals surface area contributed by atoms with Crippen molar-refractivity contribution in [1.82, 2.24) is 5.32 Å². The van der Waals surface area contributed by atoms with Gasteiger partial charge in [0, 0.05) is 11.8 Å². The van der Waals surface area contributed by atoms with Crippen LogP contribution in [0.25, 0.3) is 11.1 Å². The molecule has 13 heteroatoms. The van der Waals surface area contributed by atoms with E-state index in [0.717, 1.165) is 23.1 Å². The molecule has 0 aliphatic carbocycles. The van der Waals surface area contributed by atoms with Crippen LogP contribution in [-0.2, 0) is 15.5 Å². The van der Waals surface area contributed by atoms with Gasteiger partial charge in [0.05, 0.1) is 11.3 Å². The van der Waals surface area contributed by atoms with E-state index >= 15 is 8.78 Å². The molecule has 6 nitrogen and oxygen atoms in total. The molecule has 1 saturated heterocycles. The summed E-state index contributed by atoms with van der Waals surface area (Å²) in [5, 5.41) is 4.70. The first-order valence-electron chi connectivity index (χ1n) is 11.6. The molecule has 0 aromatic heterocycles. The zero-order valence-corrected chi connectivity index (χ0v) is 21.5. The average Bonchev–Trinajstić information content (AvgIpc) is 3.18. The van der Waals surface area contributed by atoms with Crippen LogP contribution in [0.3, 0.4) is 0 Å². The summed E-state index contributed by atoms with van der Waals surface area (Å²) in [5.74, 6) is -4.28. The predicted molar refractivity (Wildman–Crippen MR) is 135 cm³/mol. The van der Waals surface area contributed by atoms with E-state index in [-0.39, 0.29) is 24.6 Å². The molecule has 0 saturated carbocycles. The lowest BCUT2D eigenvalue weighted by atomic mass is 10.0. The largest absolute Gasteiger partial charge is 0.416 e. The van der Waals surface area contributed by atoms with E-state index in [0.29, 0.717) is 16.9 Å². The minimum atomic E-state index is -4.78. The molecule has 1 aliphatic rings. The number of rotatable bonds is 5. The van der Waals surface area contributed by atoms with Gasteiger partial charge in [-0.15, -0.1) is 0 Å². The third-order valence-corrected chi connectivity index (χ3v) is 7.69. The Labute approximate surface area is 219 Å². The number of urea groups is 1. The molecule has 3 amide bonds. The molecule has 1 fully saturated rings. The van der Waals surface area contributed by atoms with Crippen LogP contribution in [0.15, 0.2) is 54.6 Å². The SMILES string of the molecule is CP(C)(=O)c1ccccc1-c1cc(F)c(N2CC[C@@H](NC(=O)Nc3ccc(C(F)(F)F)cc3F)C2=O)c(F)c1. The Morgan fingerprint density at radius 3 is 2.21 bits per heavy atom. The lowest BCUT2D eigenvalue weighted by Gasteiger charge is -2.20. The maximum absolute atomic E-state index is 15.2. The van der Waals surface area contributed by atoms with Crippen LogP contribution in [0, 0.1) is 17.5 Å². The number of alkyl halides is 3. The Kier molecular flexibility index (Phi) is 7.53. The number of hydrogen-bond donors (Lipinski definition) is 2. The van der Waals surface area contributed by atoms with Gasteiger partial charge in [-0.1, -0.05) is 24.3 Å². The number of benzene rings is 3. The van der Waals surface area contributed by atoms with Crippen LogP contribution in [0.4, 0.5) is 42.5 Å². The van der Waals surface area contributed by atoms with Crippen molar-refractivity contribution in [2.45, 2.75) is 18.6 Å². The van der Waals surface area contributed by atoms with Gasteiger partial charge in [0.25, 0.3) is 0 Å². The topological polar surface area (TPSA) is 78.5 Å². The van der Waals surface area contributed by atoms with Gasteiger partial charge in [-0.2, -0.15) is 13.2 Å². The summed E-state index contributed by atoms with van der Waals surface area (Å²) in [6, 6.07) is 7.75. The Morgan fingerprint density at radius 2 is 1.62 bits per heavy atom. The zero-order valence-electron chi connectivity index (χ0n) is 20.6. The molecule has 206 valence electrons. The van der Waals surface area contributed by atoms with Gasteiger partial charge in [0.1, 0.15) is 24.7 Å². The van der Waals surface area contributed by atoms with Crippen LogP contribution in [0.2, 0.25) is 0 Å². The first-order chi connectivity index (χ1) is 18.2. The van der Waals surface area contributed by atoms with Crippen molar-refractivity contribution in [3.8, 4) is 11.1 Å². The maximum atomic E-state index is 15.2. The molecule has 1 atom stereocenters. The first-order valence-corrected chi connectivity index (χ1v) is 14.2. The highest BCUT2D eigenvalue weighted by molar-refractivity contribution is 7.70. The van der Waals surface area contributed by atoms with Crippen molar-refractivity contribution in [2.75, 3.05) is 30.1 Å². The van der Waals surface area contributed by atoms with Gasteiger partial charge >= 0.3 is 12.2 Å². The van der Waals surface area contributed by atoms with Crippen molar-refractivity contribution in [1.29, 1.82) is 0 Å². The fourth-order valence-electron chi connectivity index (χ4n) is 4.31. The molecule has 0 radical (unpaired) electrons. The molecule has 1 heterocycles. The Hall–Kier alpha value is -3.79. The second kappa shape index (κ2) is 10.4. The van der Waals surface area contributed by atoms with Crippen LogP contribution in [-0.4, -0.2) is 37.9 Å². The molecule has 0 unspecified atom stereocenters. The number of anilines is 2. The summed E-state index contributed by atoms with van der Waals surface area (Å²) in [7, 11) is -2.78. The fourth-order valence-corrected chi connectivity index (χ4v) is 5.54. The number of nitrogens with zero attached hydrogens (tertiary/aromatic N) is 1. The number of carbonyl (C=O) groups is 2. The summed E-state index contributed by atoms with van der Waals surface area (Å²) in [6.45, 7) is 2.91. The smallest absolute Gasteiger partial charge is 0.326 e. The number of nitrogens with one attached hydrogen (secondary N) is 2. The molecule has 2 N–H and O–H groups in total. The molecule has 0 spiro atoms. The Bertz CT molecular complexity index is 1480. The normalized spacial score (nSPS) is 15.9. The van der Waals surface area contributed by atoms with E-state index in [9.17, 15) is 31.7 Å². The average molecular weight is 569 g/mol. The first kappa shape index (κ1) is 28.2. The van der Waals surface area contributed by atoms with Crippen molar-refractivity contribution < 1.29 is 40.5 Å². The molecular weight excluding hydrogens is 547 g/mol. The van der Waals surface area contributed by atoms with Crippen molar-refractivity contribution in [3.63, 3.8) is 0 Å². The summed E-state index contributed by atoms with van der Waals surface area (Å²) in [5.41, 5.74) is -1.91. The highest BCUT2D eigenvalue weighted by Crippen LogP contribution is 2.40. The monoisotopic (exact) mass is 569 g/mol. The van der Waals surface area contributed by atoms with E-state index in [4.69, 9.17) is 0 Å². The third kappa shape index (κ3) is 5.95. The summed E-state index contributed by atoms with van der Waals surface area (Å²) >= 11 is 0. The number of amides is 3. The molecule has 39 heavy (non-hydrogen) atoms.